The first kappa shape index (κ1) is 21.9. The van der Waals surface area contributed by atoms with Gasteiger partial charge in [0.15, 0.2) is 11.5 Å². The van der Waals surface area contributed by atoms with Crippen LogP contribution in [0.3, 0.4) is 0 Å². The second-order valence-corrected chi connectivity index (χ2v) is 7.78. The van der Waals surface area contributed by atoms with Crippen molar-refractivity contribution in [2.45, 2.75) is 25.8 Å². The maximum atomic E-state index is 12.8. The minimum Gasteiger partial charge on any atom is -0.497 e. The Morgan fingerprint density at radius 2 is 1.78 bits per heavy atom. The number of amides is 1. The highest BCUT2D eigenvalue weighted by atomic mass is 16.5. The summed E-state index contributed by atoms with van der Waals surface area (Å²) in [5.41, 5.74) is 2.26. The van der Waals surface area contributed by atoms with Gasteiger partial charge in [-0.25, -0.2) is 0 Å². The Hall–Kier alpha value is -3.32. The molecule has 32 heavy (non-hydrogen) atoms. The number of rotatable bonds is 9. The third-order valence-corrected chi connectivity index (χ3v) is 5.73. The Labute approximate surface area is 188 Å². The van der Waals surface area contributed by atoms with Crippen LogP contribution in [0.1, 0.15) is 41.9 Å². The summed E-state index contributed by atoms with van der Waals surface area (Å²) in [5, 5.41) is 7.01. The molecule has 0 unspecified atom stereocenters. The van der Waals surface area contributed by atoms with Crippen LogP contribution in [0, 0.1) is 0 Å². The van der Waals surface area contributed by atoms with Crippen LogP contribution in [0.5, 0.6) is 11.5 Å². The molecule has 1 amide bonds. The molecule has 2 aromatic carbocycles. The van der Waals surface area contributed by atoms with E-state index in [2.05, 4.69) is 27.5 Å². The second-order valence-electron chi connectivity index (χ2n) is 7.78. The largest absolute Gasteiger partial charge is 0.497 e. The molecule has 0 aliphatic carbocycles. The zero-order valence-electron chi connectivity index (χ0n) is 18.5. The molecule has 1 N–H and O–H groups in total. The molecular formula is C25H29N3O4. The zero-order valence-corrected chi connectivity index (χ0v) is 18.5. The monoisotopic (exact) mass is 435 g/mol. The highest BCUT2D eigenvalue weighted by Gasteiger charge is 2.25. The van der Waals surface area contributed by atoms with Gasteiger partial charge in [-0.15, -0.1) is 0 Å². The van der Waals surface area contributed by atoms with Gasteiger partial charge in [-0.1, -0.05) is 17.3 Å². The van der Waals surface area contributed by atoms with Crippen molar-refractivity contribution in [1.82, 2.24) is 15.4 Å². The molecule has 7 heteroatoms. The van der Waals surface area contributed by atoms with E-state index in [0.29, 0.717) is 18.9 Å². The number of nitrogens with zero attached hydrogens (tertiary/aromatic N) is 2. The van der Waals surface area contributed by atoms with Crippen LogP contribution in [-0.4, -0.2) is 49.3 Å². The molecule has 1 aliphatic rings. The number of ether oxygens (including phenoxy) is 2. The summed E-state index contributed by atoms with van der Waals surface area (Å²) in [6.07, 6.45) is 2.35. The number of methoxy groups -OCH3 is 1. The van der Waals surface area contributed by atoms with Crippen LogP contribution in [-0.2, 0) is 0 Å². The first-order chi connectivity index (χ1) is 15.7. The molecule has 0 spiro atoms. The van der Waals surface area contributed by atoms with E-state index in [0.717, 1.165) is 35.7 Å². The lowest BCUT2D eigenvalue weighted by atomic mass is 10.1. The smallest absolute Gasteiger partial charge is 0.273 e. The Morgan fingerprint density at radius 3 is 2.44 bits per heavy atom. The van der Waals surface area contributed by atoms with Crippen molar-refractivity contribution in [2.24, 2.45) is 0 Å². The van der Waals surface area contributed by atoms with Crippen molar-refractivity contribution < 1.29 is 18.8 Å². The molecule has 1 aliphatic heterocycles. The fourth-order valence-corrected chi connectivity index (χ4v) is 4.02. The summed E-state index contributed by atoms with van der Waals surface area (Å²) in [6, 6.07) is 17.3. The van der Waals surface area contributed by atoms with Crippen molar-refractivity contribution in [3.8, 4) is 22.8 Å². The molecule has 1 aromatic heterocycles. The van der Waals surface area contributed by atoms with Gasteiger partial charge in [0.2, 0.25) is 0 Å². The summed E-state index contributed by atoms with van der Waals surface area (Å²) >= 11 is 0. The Balaban J connectivity index is 1.42. The minimum absolute atomic E-state index is 0.102. The number of likely N-dealkylation sites (tertiary alicyclic amines) is 1. The number of aromatic nitrogens is 1. The summed E-state index contributed by atoms with van der Waals surface area (Å²) in [4.78, 5) is 15.2. The SMILES string of the molecule is CCOc1ccc(-c2cc(C(=O)NC[C@H](c3ccc(OC)cc3)N3CCCC3)no2)cc1. The second kappa shape index (κ2) is 10.3. The summed E-state index contributed by atoms with van der Waals surface area (Å²) in [7, 11) is 1.66. The summed E-state index contributed by atoms with van der Waals surface area (Å²) in [6.45, 7) is 5.10. The van der Waals surface area contributed by atoms with E-state index >= 15 is 0 Å². The lowest BCUT2D eigenvalue weighted by molar-refractivity contribution is 0.0929. The molecule has 1 atom stereocenters. The molecule has 3 aromatic rings. The van der Waals surface area contributed by atoms with Gasteiger partial charge in [0.25, 0.3) is 5.91 Å². The fourth-order valence-electron chi connectivity index (χ4n) is 4.02. The fraction of sp³-hybridized carbons (Fsp3) is 0.360. The predicted molar refractivity (Wildman–Crippen MR) is 122 cm³/mol. The van der Waals surface area contributed by atoms with E-state index in [1.54, 1.807) is 13.2 Å². The van der Waals surface area contributed by atoms with Gasteiger partial charge in [0, 0.05) is 18.2 Å². The van der Waals surface area contributed by atoms with Crippen LogP contribution in [0.25, 0.3) is 11.3 Å². The third kappa shape index (κ3) is 5.11. The van der Waals surface area contributed by atoms with Gasteiger partial charge in [0.1, 0.15) is 11.5 Å². The summed E-state index contributed by atoms with van der Waals surface area (Å²) < 4.78 is 16.2. The normalized spacial score (nSPS) is 14.8. The molecule has 0 radical (unpaired) electrons. The Kier molecular flexibility index (Phi) is 7.07. The van der Waals surface area contributed by atoms with E-state index in [9.17, 15) is 4.79 Å². The number of benzene rings is 2. The van der Waals surface area contributed by atoms with E-state index in [1.165, 1.54) is 12.8 Å². The van der Waals surface area contributed by atoms with Crippen LogP contribution >= 0.6 is 0 Å². The molecule has 0 saturated carbocycles. The van der Waals surface area contributed by atoms with Crippen molar-refractivity contribution in [2.75, 3.05) is 33.4 Å². The van der Waals surface area contributed by atoms with Gasteiger partial charge in [-0.2, -0.15) is 0 Å². The molecule has 1 fully saturated rings. The lowest BCUT2D eigenvalue weighted by Gasteiger charge is -2.28. The number of carbonyl (C=O) groups excluding carboxylic acids is 1. The molecule has 0 bridgehead atoms. The molecule has 1 saturated heterocycles. The Morgan fingerprint density at radius 1 is 1.09 bits per heavy atom. The topological polar surface area (TPSA) is 76.8 Å². The van der Waals surface area contributed by atoms with Gasteiger partial charge >= 0.3 is 0 Å². The molecule has 4 rings (SSSR count). The van der Waals surface area contributed by atoms with Crippen molar-refractivity contribution in [1.29, 1.82) is 0 Å². The number of hydrogen-bond acceptors (Lipinski definition) is 6. The summed E-state index contributed by atoms with van der Waals surface area (Å²) in [5.74, 6) is 1.91. The van der Waals surface area contributed by atoms with E-state index in [-0.39, 0.29) is 17.6 Å². The zero-order chi connectivity index (χ0) is 22.3. The van der Waals surface area contributed by atoms with E-state index < -0.39 is 0 Å². The van der Waals surface area contributed by atoms with Gasteiger partial charge in [-0.3, -0.25) is 9.69 Å². The maximum Gasteiger partial charge on any atom is 0.273 e. The molecular weight excluding hydrogens is 406 g/mol. The highest BCUT2D eigenvalue weighted by Crippen LogP contribution is 2.27. The Bertz CT molecular complexity index is 1010. The van der Waals surface area contributed by atoms with Crippen LogP contribution in [0.15, 0.2) is 59.1 Å². The first-order valence-electron chi connectivity index (χ1n) is 11.0. The van der Waals surface area contributed by atoms with Gasteiger partial charge in [-0.05, 0) is 74.8 Å². The average molecular weight is 436 g/mol. The van der Waals surface area contributed by atoms with Crippen molar-refractivity contribution in [3.05, 3.63) is 65.9 Å². The molecule has 7 nitrogen and oxygen atoms in total. The van der Waals surface area contributed by atoms with Crippen molar-refractivity contribution in [3.63, 3.8) is 0 Å². The third-order valence-electron chi connectivity index (χ3n) is 5.73. The quantitative estimate of drug-likeness (QED) is 0.540. The van der Waals surface area contributed by atoms with Crippen molar-refractivity contribution >= 4 is 5.91 Å². The molecule has 2 heterocycles. The van der Waals surface area contributed by atoms with Gasteiger partial charge < -0.3 is 19.3 Å². The number of nitrogens with one attached hydrogen (secondary N) is 1. The van der Waals surface area contributed by atoms with Crippen LogP contribution in [0.2, 0.25) is 0 Å². The average Bonchev–Trinajstić information content (AvgIpc) is 3.53. The predicted octanol–water partition coefficient (Wildman–Crippen LogP) is 4.32. The van der Waals surface area contributed by atoms with Crippen LogP contribution in [0.4, 0.5) is 0 Å². The standard InChI is InChI=1S/C25H29N3O4/c1-3-31-21-12-8-19(9-13-21)24-16-22(27-32-24)25(29)26-17-23(28-14-4-5-15-28)18-6-10-20(30-2)11-7-18/h6-13,16,23H,3-5,14-15,17H2,1-2H3,(H,26,29)/t23-/m1/s1. The number of carbonyl (C=O) groups is 1. The minimum atomic E-state index is -0.247. The highest BCUT2D eigenvalue weighted by molar-refractivity contribution is 5.93. The molecule has 168 valence electrons. The van der Waals surface area contributed by atoms with Crippen LogP contribution < -0.4 is 14.8 Å². The van der Waals surface area contributed by atoms with E-state index in [1.807, 2.05) is 43.3 Å². The van der Waals surface area contributed by atoms with Gasteiger partial charge in [0.05, 0.1) is 19.8 Å². The first-order valence-corrected chi connectivity index (χ1v) is 11.0. The maximum absolute atomic E-state index is 12.8. The van der Waals surface area contributed by atoms with E-state index in [4.69, 9.17) is 14.0 Å². The lowest BCUT2D eigenvalue weighted by Crippen LogP contribution is -2.36. The number of hydrogen-bond donors (Lipinski definition) is 1.